The van der Waals surface area contributed by atoms with Crippen LogP contribution in [0.3, 0.4) is 0 Å². The smallest absolute Gasteiger partial charge is 0.306 e. The molecule has 0 radical (unpaired) electrons. The van der Waals surface area contributed by atoms with Crippen LogP contribution in [0.2, 0.25) is 0 Å². The van der Waals surface area contributed by atoms with Crippen LogP contribution >= 0.6 is 0 Å². The average Bonchev–Trinajstić information content (AvgIpc) is 2.75. The van der Waals surface area contributed by atoms with Crippen LogP contribution in [0.1, 0.15) is 50.0 Å². The van der Waals surface area contributed by atoms with E-state index in [9.17, 15) is 14.4 Å². The van der Waals surface area contributed by atoms with Gasteiger partial charge in [-0.25, -0.2) is 0 Å². The third kappa shape index (κ3) is 4.80. The molecule has 2 N–H and O–H groups in total. The maximum Gasteiger partial charge on any atom is 0.306 e. The lowest BCUT2D eigenvalue weighted by Gasteiger charge is -2.38. The number of hydrogen-bond donors (Lipinski definition) is 2. The van der Waals surface area contributed by atoms with E-state index in [2.05, 4.69) is 20.1 Å². The molecule has 30 heavy (non-hydrogen) atoms. The Hall–Kier alpha value is -2.48. The summed E-state index contributed by atoms with van der Waals surface area (Å²) < 4.78 is 0. The molecule has 0 spiro atoms. The van der Waals surface area contributed by atoms with E-state index in [1.165, 1.54) is 0 Å². The summed E-state index contributed by atoms with van der Waals surface area (Å²) in [5.74, 6) is -0.927. The molecule has 4 heterocycles. The topological polar surface area (TPSA) is 103 Å². The standard InChI is InChI=1S/C22H30N4O4/c27-20-2-1-19(21(28)24-20)17-11-18(13-23-12-17)26-9-3-15(4-10-26)14-25-7-5-16(6-8-25)22(29)30/h11-13,15-16,19H,1-10,14H2,(H,29,30)(H,24,27,28)/t19-/m1/s1. The Morgan fingerprint density at radius 3 is 2.47 bits per heavy atom. The van der Waals surface area contributed by atoms with Crippen molar-refractivity contribution >= 4 is 23.5 Å². The van der Waals surface area contributed by atoms with Gasteiger partial charge in [-0.05, 0) is 62.7 Å². The Bertz CT molecular complexity index is 798. The van der Waals surface area contributed by atoms with Gasteiger partial charge in [-0.15, -0.1) is 0 Å². The van der Waals surface area contributed by atoms with Crippen LogP contribution in [0.4, 0.5) is 5.69 Å². The van der Waals surface area contributed by atoms with Crippen LogP contribution in [0, 0.1) is 11.8 Å². The van der Waals surface area contributed by atoms with E-state index in [0.29, 0.717) is 18.8 Å². The van der Waals surface area contributed by atoms with Crippen LogP contribution in [0.15, 0.2) is 18.5 Å². The van der Waals surface area contributed by atoms with Gasteiger partial charge in [0.2, 0.25) is 11.8 Å². The number of amides is 2. The molecule has 3 saturated heterocycles. The first-order valence-corrected chi connectivity index (χ1v) is 11.0. The minimum atomic E-state index is -0.656. The molecule has 1 aromatic heterocycles. The van der Waals surface area contributed by atoms with Crippen molar-refractivity contribution in [2.45, 2.75) is 44.4 Å². The summed E-state index contributed by atoms with van der Waals surface area (Å²) in [4.78, 5) is 43.8. The van der Waals surface area contributed by atoms with Gasteiger partial charge in [-0.1, -0.05) is 0 Å². The summed E-state index contributed by atoms with van der Waals surface area (Å²) in [7, 11) is 0. The Morgan fingerprint density at radius 1 is 1.07 bits per heavy atom. The molecule has 0 aliphatic carbocycles. The number of imide groups is 1. The number of piperidine rings is 3. The molecule has 2 amide bonds. The van der Waals surface area contributed by atoms with Crippen molar-refractivity contribution in [1.82, 2.24) is 15.2 Å². The lowest BCUT2D eigenvalue weighted by Crippen LogP contribution is -2.42. The van der Waals surface area contributed by atoms with Gasteiger partial charge in [-0.2, -0.15) is 0 Å². The van der Waals surface area contributed by atoms with Crippen molar-refractivity contribution in [3.05, 3.63) is 24.0 Å². The fourth-order valence-corrected chi connectivity index (χ4v) is 4.92. The summed E-state index contributed by atoms with van der Waals surface area (Å²) >= 11 is 0. The molecule has 4 rings (SSSR count). The van der Waals surface area contributed by atoms with Crippen molar-refractivity contribution < 1.29 is 19.5 Å². The summed E-state index contributed by atoms with van der Waals surface area (Å²) in [6.07, 6.45) is 8.21. The second kappa shape index (κ2) is 9.12. The molecule has 3 aliphatic heterocycles. The first-order valence-electron chi connectivity index (χ1n) is 11.0. The zero-order valence-electron chi connectivity index (χ0n) is 17.3. The molecule has 0 saturated carbocycles. The maximum atomic E-state index is 12.2. The van der Waals surface area contributed by atoms with E-state index in [1.54, 1.807) is 6.20 Å². The normalized spacial score (nSPS) is 24.7. The molecule has 3 aliphatic rings. The Morgan fingerprint density at radius 2 is 1.80 bits per heavy atom. The molecule has 162 valence electrons. The summed E-state index contributed by atoms with van der Waals surface area (Å²) in [5, 5.41) is 11.6. The van der Waals surface area contributed by atoms with Crippen molar-refractivity contribution in [2.75, 3.05) is 37.6 Å². The second-order valence-electron chi connectivity index (χ2n) is 8.82. The minimum absolute atomic E-state index is 0.174. The van der Waals surface area contributed by atoms with E-state index >= 15 is 0 Å². The molecule has 8 heteroatoms. The fraction of sp³-hybridized carbons (Fsp3) is 0.636. The summed E-state index contributed by atoms with van der Waals surface area (Å²) in [5.41, 5.74) is 1.92. The van der Waals surface area contributed by atoms with Crippen molar-refractivity contribution in [3.8, 4) is 0 Å². The number of hydrogen-bond acceptors (Lipinski definition) is 6. The SMILES string of the molecule is O=C1CC[C@H](c2cncc(N3CCC(CN4CCC(C(=O)O)CC4)CC3)c2)C(=O)N1. The number of carbonyl (C=O) groups excluding carboxylic acids is 2. The van der Waals surface area contributed by atoms with Crippen LogP contribution < -0.4 is 10.2 Å². The number of carboxylic acid groups (broad SMARTS) is 1. The molecule has 0 bridgehead atoms. The molecule has 1 atom stereocenters. The van der Waals surface area contributed by atoms with Gasteiger partial charge in [0.05, 0.1) is 23.7 Å². The number of aromatic nitrogens is 1. The van der Waals surface area contributed by atoms with Crippen LogP contribution in [0.5, 0.6) is 0 Å². The summed E-state index contributed by atoms with van der Waals surface area (Å²) in [6.45, 7) is 4.73. The van der Waals surface area contributed by atoms with E-state index in [0.717, 1.165) is 69.7 Å². The first kappa shape index (κ1) is 20.8. The Balaban J connectivity index is 1.29. The monoisotopic (exact) mass is 414 g/mol. The largest absolute Gasteiger partial charge is 0.481 e. The number of rotatable bonds is 5. The number of anilines is 1. The lowest BCUT2D eigenvalue weighted by atomic mass is 9.91. The number of likely N-dealkylation sites (tertiary alicyclic amines) is 1. The number of carbonyl (C=O) groups is 3. The molecule has 0 aromatic carbocycles. The van der Waals surface area contributed by atoms with Gasteiger partial charge in [0.1, 0.15) is 0 Å². The average molecular weight is 415 g/mol. The van der Waals surface area contributed by atoms with E-state index in [-0.39, 0.29) is 23.7 Å². The van der Waals surface area contributed by atoms with Gasteiger partial charge in [0.15, 0.2) is 0 Å². The van der Waals surface area contributed by atoms with E-state index in [1.807, 2.05) is 12.3 Å². The second-order valence-corrected chi connectivity index (χ2v) is 8.82. The van der Waals surface area contributed by atoms with Crippen molar-refractivity contribution in [1.29, 1.82) is 0 Å². The molecule has 8 nitrogen and oxygen atoms in total. The number of nitrogens with zero attached hydrogens (tertiary/aromatic N) is 3. The summed E-state index contributed by atoms with van der Waals surface area (Å²) in [6, 6.07) is 2.05. The number of aliphatic carboxylic acids is 1. The maximum absolute atomic E-state index is 12.2. The third-order valence-corrected chi connectivity index (χ3v) is 6.82. The zero-order chi connectivity index (χ0) is 21.1. The Labute approximate surface area is 176 Å². The predicted octanol–water partition coefficient (Wildman–Crippen LogP) is 1.61. The quantitative estimate of drug-likeness (QED) is 0.706. The van der Waals surface area contributed by atoms with Gasteiger partial charge < -0.3 is 14.9 Å². The van der Waals surface area contributed by atoms with Crippen LogP contribution in [-0.2, 0) is 14.4 Å². The highest BCUT2D eigenvalue weighted by Crippen LogP contribution is 2.29. The molecule has 3 fully saturated rings. The number of carboxylic acids is 1. The first-order chi connectivity index (χ1) is 14.5. The number of nitrogens with one attached hydrogen (secondary N) is 1. The highest BCUT2D eigenvalue weighted by atomic mass is 16.4. The van der Waals surface area contributed by atoms with E-state index < -0.39 is 5.97 Å². The fourth-order valence-electron chi connectivity index (χ4n) is 4.92. The third-order valence-electron chi connectivity index (χ3n) is 6.82. The number of pyridine rings is 1. The van der Waals surface area contributed by atoms with Crippen molar-refractivity contribution in [2.24, 2.45) is 11.8 Å². The Kier molecular flexibility index (Phi) is 6.32. The predicted molar refractivity (Wildman–Crippen MR) is 111 cm³/mol. The molecular weight excluding hydrogens is 384 g/mol. The zero-order valence-corrected chi connectivity index (χ0v) is 17.3. The van der Waals surface area contributed by atoms with E-state index in [4.69, 9.17) is 5.11 Å². The van der Waals surface area contributed by atoms with Gasteiger partial charge in [0, 0.05) is 32.3 Å². The minimum Gasteiger partial charge on any atom is -0.481 e. The van der Waals surface area contributed by atoms with Crippen LogP contribution in [-0.4, -0.2) is 65.5 Å². The van der Waals surface area contributed by atoms with Gasteiger partial charge >= 0.3 is 5.97 Å². The van der Waals surface area contributed by atoms with Gasteiger partial charge in [0.25, 0.3) is 0 Å². The molecule has 1 aromatic rings. The highest BCUT2D eigenvalue weighted by Gasteiger charge is 2.30. The van der Waals surface area contributed by atoms with Crippen molar-refractivity contribution in [3.63, 3.8) is 0 Å². The highest BCUT2D eigenvalue weighted by molar-refractivity contribution is 6.00. The van der Waals surface area contributed by atoms with Gasteiger partial charge in [-0.3, -0.25) is 24.7 Å². The molecule has 0 unspecified atom stereocenters. The lowest BCUT2D eigenvalue weighted by molar-refractivity contribution is -0.143. The van der Waals surface area contributed by atoms with Crippen LogP contribution in [0.25, 0.3) is 0 Å². The molecular formula is C22H30N4O4.